The van der Waals surface area contributed by atoms with Gasteiger partial charge >= 0.3 is 11.9 Å². The molecule has 11 atom stereocenters. The Kier molecular flexibility index (Phi) is 39.4. The number of esters is 2. The minimum absolute atomic E-state index is 0.154. The average molecular weight is 1020 g/mol. The Morgan fingerprint density at radius 3 is 1.36 bits per heavy atom. The van der Waals surface area contributed by atoms with Crippen molar-refractivity contribution in [3.8, 4) is 0 Å². The van der Waals surface area contributed by atoms with Crippen LogP contribution < -0.4 is 0 Å². The van der Waals surface area contributed by atoms with E-state index in [1.165, 1.54) is 77.0 Å². The SMILES string of the molecule is CCCCC/C=C/C/C=C/C/C=C/C/C=C/CCCCCC(=O)OC[C@@H](CO[C@@H]1O[C@H](CO[C@@H]2O[C@H](CO)[C@H](O)C(O)C2O)[C@H](O)C(O)C1O)OC(=O)CCCCCCCCCCC/C=C/CCCCCC. The van der Waals surface area contributed by atoms with Crippen LogP contribution in [0.2, 0.25) is 0 Å². The van der Waals surface area contributed by atoms with Gasteiger partial charge in [0.25, 0.3) is 0 Å². The fourth-order valence-electron chi connectivity index (χ4n) is 8.37. The van der Waals surface area contributed by atoms with Crippen LogP contribution in [0.1, 0.15) is 194 Å². The Bertz CT molecular complexity index is 1480. The average Bonchev–Trinajstić information content (AvgIpc) is 3.37. The fraction of sp³-hybridized carbons (Fsp3) is 0.789. The molecule has 15 nitrogen and oxygen atoms in total. The van der Waals surface area contributed by atoms with Gasteiger partial charge in [0, 0.05) is 12.8 Å². The van der Waals surface area contributed by atoms with E-state index >= 15 is 0 Å². The summed E-state index contributed by atoms with van der Waals surface area (Å²) >= 11 is 0. The molecule has 0 amide bonds. The highest BCUT2D eigenvalue weighted by Gasteiger charge is 2.47. The Morgan fingerprint density at radius 1 is 0.444 bits per heavy atom. The first-order chi connectivity index (χ1) is 35.0. The van der Waals surface area contributed by atoms with E-state index in [-0.39, 0.29) is 19.4 Å². The Labute approximate surface area is 432 Å². The van der Waals surface area contributed by atoms with Crippen LogP contribution in [0, 0.1) is 0 Å². The minimum Gasteiger partial charge on any atom is -0.462 e. The van der Waals surface area contributed by atoms with Crippen molar-refractivity contribution in [1.29, 1.82) is 0 Å². The summed E-state index contributed by atoms with van der Waals surface area (Å²) in [4.78, 5) is 25.8. The Hall–Kier alpha value is -2.80. The summed E-state index contributed by atoms with van der Waals surface area (Å²) < 4.78 is 33.6. The lowest BCUT2D eigenvalue weighted by Crippen LogP contribution is -2.61. The van der Waals surface area contributed by atoms with E-state index in [0.29, 0.717) is 12.8 Å². The smallest absolute Gasteiger partial charge is 0.306 e. The molecule has 2 rings (SSSR count). The number of rotatable bonds is 43. The molecule has 15 heteroatoms. The molecule has 0 aromatic heterocycles. The summed E-state index contributed by atoms with van der Waals surface area (Å²) in [6.45, 7) is 2.52. The molecule has 2 fully saturated rings. The number of allylic oxidation sites excluding steroid dienone is 10. The molecular formula is C57H98O15. The molecule has 416 valence electrons. The van der Waals surface area contributed by atoms with Gasteiger partial charge < -0.3 is 64.2 Å². The summed E-state index contributed by atoms with van der Waals surface area (Å²) in [5, 5.41) is 72.2. The molecule has 0 aromatic rings. The first-order valence-electron chi connectivity index (χ1n) is 27.9. The summed E-state index contributed by atoms with van der Waals surface area (Å²) in [5.74, 6) is -0.963. The third-order valence-electron chi connectivity index (χ3n) is 13.0. The molecule has 7 N–H and O–H groups in total. The van der Waals surface area contributed by atoms with Gasteiger partial charge in [0.2, 0.25) is 0 Å². The topological polar surface area (TPSA) is 231 Å². The molecule has 2 heterocycles. The first kappa shape index (κ1) is 65.3. The van der Waals surface area contributed by atoms with Crippen LogP contribution in [0.25, 0.3) is 0 Å². The van der Waals surface area contributed by atoms with E-state index in [2.05, 4.69) is 74.6 Å². The van der Waals surface area contributed by atoms with Crippen LogP contribution in [0.5, 0.6) is 0 Å². The van der Waals surface area contributed by atoms with Crippen LogP contribution >= 0.6 is 0 Å². The fourth-order valence-corrected chi connectivity index (χ4v) is 8.37. The summed E-state index contributed by atoms with van der Waals surface area (Å²) in [6.07, 6.45) is 33.8. The van der Waals surface area contributed by atoms with Gasteiger partial charge in [-0.05, 0) is 83.5 Å². The van der Waals surface area contributed by atoms with Crippen molar-refractivity contribution in [2.24, 2.45) is 0 Å². The van der Waals surface area contributed by atoms with Gasteiger partial charge in [-0.15, -0.1) is 0 Å². The maximum absolute atomic E-state index is 13.0. The standard InChI is InChI=1S/C57H98O15/c1-3-5-7-9-11-13-15-17-19-21-22-24-25-27-29-31-33-35-37-39-48(59)67-42-45(70-49(60)40-38-36-34-32-30-28-26-23-20-18-16-14-12-10-8-6-4-2)43-68-56-55(66)53(64)51(62)47(72-56)44-69-57-54(65)52(63)50(61)46(41-58)71-57/h11,13-14,16-17,19,22,24,27,29,45-47,50-58,61-66H,3-10,12,15,18,20-21,23,25-26,28,30-44H2,1-2H3/b13-11+,16-14+,19-17+,24-22+,29-27+/t45-,46+,47+,50-,51-,52?,53?,54?,55?,56+,57+/m0/s1. The molecule has 2 aliphatic heterocycles. The zero-order valence-electron chi connectivity index (χ0n) is 44.1. The van der Waals surface area contributed by atoms with Crippen molar-refractivity contribution in [3.63, 3.8) is 0 Å². The van der Waals surface area contributed by atoms with Crippen molar-refractivity contribution < 1.29 is 73.8 Å². The number of carbonyl (C=O) groups excluding carboxylic acids is 2. The van der Waals surface area contributed by atoms with Gasteiger partial charge in [0.15, 0.2) is 18.7 Å². The van der Waals surface area contributed by atoms with Crippen molar-refractivity contribution in [3.05, 3.63) is 60.8 Å². The molecule has 0 radical (unpaired) electrons. The van der Waals surface area contributed by atoms with Crippen LogP contribution in [0.4, 0.5) is 0 Å². The van der Waals surface area contributed by atoms with Crippen LogP contribution in [-0.4, -0.2) is 142 Å². The van der Waals surface area contributed by atoms with Gasteiger partial charge in [-0.1, -0.05) is 158 Å². The number of hydrogen-bond acceptors (Lipinski definition) is 15. The number of aliphatic hydroxyl groups excluding tert-OH is 7. The lowest BCUT2D eigenvalue weighted by Gasteiger charge is -2.42. The number of carbonyl (C=O) groups is 2. The predicted molar refractivity (Wildman–Crippen MR) is 280 cm³/mol. The minimum atomic E-state index is -1.77. The highest BCUT2D eigenvalue weighted by molar-refractivity contribution is 5.70. The molecule has 2 saturated heterocycles. The number of hydrogen-bond donors (Lipinski definition) is 7. The molecule has 2 aliphatic rings. The van der Waals surface area contributed by atoms with E-state index < -0.39 is 99.3 Å². The second-order valence-corrected chi connectivity index (χ2v) is 19.4. The number of aliphatic hydroxyl groups is 7. The number of ether oxygens (including phenoxy) is 6. The van der Waals surface area contributed by atoms with Gasteiger partial charge in [-0.3, -0.25) is 9.59 Å². The maximum atomic E-state index is 13.0. The Balaban J connectivity index is 1.80. The van der Waals surface area contributed by atoms with Gasteiger partial charge in [0.1, 0.15) is 55.4 Å². The molecular weight excluding hydrogens is 925 g/mol. The zero-order valence-corrected chi connectivity index (χ0v) is 44.1. The van der Waals surface area contributed by atoms with Crippen molar-refractivity contribution in [2.45, 2.75) is 261 Å². The Morgan fingerprint density at radius 2 is 0.833 bits per heavy atom. The third-order valence-corrected chi connectivity index (χ3v) is 13.0. The molecule has 0 aliphatic carbocycles. The normalized spacial score (nSPS) is 25.5. The van der Waals surface area contributed by atoms with Crippen LogP contribution in [0.3, 0.4) is 0 Å². The summed E-state index contributed by atoms with van der Waals surface area (Å²) in [5.41, 5.74) is 0. The van der Waals surface area contributed by atoms with Crippen molar-refractivity contribution >= 4 is 11.9 Å². The monoisotopic (exact) mass is 1020 g/mol. The van der Waals surface area contributed by atoms with E-state index in [1.807, 2.05) is 0 Å². The summed E-state index contributed by atoms with van der Waals surface area (Å²) in [6, 6.07) is 0. The molecule has 0 bridgehead atoms. The first-order valence-corrected chi connectivity index (χ1v) is 27.9. The van der Waals surface area contributed by atoms with Crippen molar-refractivity contribution in [1.82, 2.24) is 0 Å². The lowest BCUT2D eigenvalue weighted by atomic mass is 9.98. The lowest BCUT2D eigenvalue weighted by molar-refractivity contribution is -0.332. The second-order valence-electron chi connectivity index (χ2n) is 19.4. The van der Waals surface area contributed by atoms with E-state index in [4.69, 9.17) is 28.4 Å². The molecule has 72 heavy (non-hydrogen) atoms. The molecule has 0 aromatic carbocycles. The predicted octanol–water partition coefficient (Wildman–Crippen LogP) is 8.83. The molecule has 4 unspecified atom stereocenters. The van der Waals surface area contributed by atoms with E-state index in [0.717, 1.165) is 77.0 Å². The third kappa shape index (κ3) is 30.5. The maximum Gasteiger partial charge on any atom is 0.306 e. The molecule has 0 saturated carbocycles. The highest BCUT2D eigenvalue weighted by atomic mass is 16.7. The van der Waals surface area contributed by atoms with E-state index in [9.17, 15) is 45.3 Å². The quantitative estimate of drug-likeness (QED) is 0.0172. The summed E-state index contributed by atoms with van der Waals surface area (Å²) in [7, 11) is 0. The van der Waals surface area contributed by atoms with Gasteiger partial charge in [0.05, 0.1) is 19.8 Å². The number of unbranched alkanes of at least 4 members (excludes halogenated alkanes) is 19. The molecule has 0 spiro atoms. The van der Waals surface area contributed by atoms with Gasteiger partial charge in [-0.25, -0.2) is 0 Å². The van der Waals surface area contributed by atoms with Crippen LogP contribution in [0.15, 0.2) is 60.8 Å². The van der Waals surface area contributed by atoms with E-state index in [1.54, 1.807) is 0 Å². The zero-order chi connectivity index (χ0) is 52.4. The van der Waals surface area contributed by atoms with Crippen molar-refractivity contribution in [2.75, 3.05) is 26.4 Å². The highest BCUT2D eigenvalue weighted by Crippen LogP contribution is 2.26. The van der Waals surface area contributed by atoms with Crippen LogP contribution in [-0.2, 0) is 38.0 Å². The second kappa shape index (κ2) is 43.4. The van der Waals surface area contributed by atoms with Gasteiger partial charge in [-0.2, -0.15) is 0 Å². The largest absolute Gasteiger partial charge is 0.462 e.